The van der Waals surface area contributed by atoms with Crippen LogP contribution in [0.15, 0.2) is 18.3 Å². The molecule has 2 saturated heterocycles. The molecule has 0 aliphatic carbocycles. The van der Waals surface area contributed by atoms with Crippen molar-refractivity contribution in [3.8, 4) is 0 Å². The number of aromatic nitrogens is 1. The van der Waals surface area contributed by atoms with Crippen molar-refractivity contribution in [2.75, 3.05) is 46.5 Å². The number of morpholine rings is 1. The van der Waals surface area contributed by atoms with Gasteiger partial charge in [-0.3, -0.25) is 14.6 Å². The van der Waals surface area contributed by atoms with Gasteiger partial charge >= 0.3 is 0 Å². The average Bonchev–Trinajstić information content (AvgIpc) is 2.66. The predicted octanol–water partition coefficient (Wildman–Crippen LogP) is 0.0898. The standard InChI is InChI=1S/C16H21N3O4/c1-12-13(4-3-5-17-12)15(21)19-6-7-23-16(10-19)9-18(2)14(20)8-22-11-16/h3-5H,6-11H2,1-2H3. The third-order valence-corrected chi connectivity index (χ3v) is 4.31. The van der Waals surface area contributed by atoms with Crippen LogP contribution in [0, 0.1) is 6.92 Å². The summed E-state index contributed by atoms with van der Waals surface area (Å²) in [7, 11) is 1.73. The molecule has 0 bridgehead atoms. The van der Waals surface area contributed by atoms with Crippen molar-refractivity contribution in [1.29, 1.82) is 0 Å². The molecule has 1 spiro atoms. The Morgan fingerprint density at radius 2 is 2.22 bits per heavy atom. The van der Waals surface area contributed by atoms with E-state index in [4.69, 9.17) is 9.47 Å². The number of carbonyl (C=O) groups is 2. The van der Waals surface area contributed by atoms with Crippen molar-refractivity contribution in [1.82, 2.24) is 14.8 Å². The van der Waals surface area contributed by atoms with E-state index < -0.39 is 5.60 Å². The normalized spacial score (nSPS) is 25.6. The molecule has 7 heteroatoms. The third-order valence-electron chi connectivity index (χ3n) is 4.31. The lowest BCUT2D eigenvalue weighted by Gasteiger charge is -2.42. The molecular formula is C16H21N3O4. The zero-order chi connectivity index (χ0) is 16.4. The van der Waals surface area contributed by atoms with E-state index in [1.54, 1.807) is 35.2 Å². The fraction of sp³-hybridized carbons (Fsp3) is 0.562. The first-order valence-electron chi connectivity index (χ1n) is 7.67. The van der Waals surface area contributed by atoms with E-state index in [-0.39, 0.29) is 18.4 Å². The van der Waals surface area contributed by atoms with E-state index in [1.165, 1.54) is 0 Å². The maximum Gasteiger partial charge on any atom is 0.255 e. The van der Waals surface area contributed by atoms with Gasteiger partial charge in [0.1, 0.15) is 12.2 Å². The number of aryl methyl sites for hydroxylation is 1. The molecule has 2 aliphatic heterocycles. The topological polar surface area (TPSA) is 72.0 Å². The van der Waals surface area contributed by atoms with Gasteiger partial charge < -0.3 is 19.3 Å². The number of nitrogens with zero attached hydrogens (tertiary/aromatic N) is 3. The number of carbonyl (C=O) groups excluding carboxylic acids is 2. The molecule has 3 rings (SSSR count). The van der Waals surface area contributed by atoms with Crippen molar-refractivity contribution < 1.29 is 19.1 Å². The van der Waals surface area contributed by atoms with Crippen LogP contribution >= 0.6 is 0 Å². The van der Waals surface area contributed by atoms with Gasteiger partial charge in [-0.2, -0.15) is 0 Å². The quantitative estimate of drug-likeness (QED) is 0.733. The number of rotatable bonds is 1. The minimum atomic E-state index is -0.662. The number of hydrogen-bond donors (Lipinski definition) is 0. The molecule has 2 aliphatic rings. The van der Waals surface area contributed by atoms with Crippen LogP contribution in [0.4, 0.5) is 0 Å². The summed E-state index contributed by atoms with van der Waals surface area (Å²) in [6.45, 7) is 3.95. The average molecular weight is 319 g/mol. The Hall–Kier alpha value is -1.99. The second-order valence-corrected chi connectivity index (χ2v) is 6.14. The van der Waals surface area contributed by atoms with Gasteiger partial charge in [0.25, 0.3) is 5.91 Å². The van der Waals surface area contributed by atoms with Crippen LogP contribution in [0.1, 0.15) is 16.1 Å². The zero-order valence-electron chi connectivity index (χ0n) is 13.4. The van der Waals surface area contributed by atoms with Crippen LogP contribution in [-0.4, -0.2) is 78.7 Å². The first kappa shape index (κ1) is 15.9. The molecule has 1 aromatic heterocycles. The lowest BCUT2D eigenvalue weighted by molar-refractivity contribution is -0.135. The summed E-state index contributed by atoms with van der Waals surface area (Å²) in [4.78, 5) is 32.1. The summed E-state index contributed by atoms with van der Waals surface area (Å²) in [5.41, 5.74) is 0.649. The molecule has 0 saturated carbocycles. The zero-order valence-corrected chi connectivity index (χ0v) is 13.4. The molecule has 0 radical (unpaired) electrons. The van der Waals surface area contributed by atoms with Crippen LogP contribution in [0.3, 0.4) is 0 Å². The van der Waals surface area contributed by atoms with E-state index in [0.717, 1.165) is 0 Å². The Bertz CT molecular complexity index is 621. The van der Waals surface area contributed by atoms with Crippen LogP contribution < -0.4 is 0 Å². The smallest absolute Gasteiger partial charge is 0.255 e. The molecule has 1 aromatic rings. The predicted molar refractivity (Wildman–Crippen MR) is 82.0 cm³/mol. The van der Waals surface area contributed by atoms with Crippen LogP contribution in [0.25, 0.3) is 0 Å². The van der Waals surface area contributed by atoms with E-state index in [2.05, 4.69) is 4.98 Å². The van der Waals surface area contributed by atoms with E-state index in [9.17, 15) is 9.59 Å². The Kier molecular flexibility index (Phi) is 4.32. The minimum Gasteiger partial charge on any atom is -0.368 e. The second kappa shape index (κ2) is 6.25. The number of amides is 2. The van der Waals surface area contributed by atoms with Gasteiger partial charge in [-0.25, -0.2) is 0 Å². The minimum absolute atomic E-state index is 0.0528. The molecule has 124 valence electrons. The maximum absolute atomic E-state index is 12.8. The molecule has 2 amide bonds. The molecule has 2 fully saturated rings. The van der Waals surface area contributed by atoms with Crippen LogP contribution in [0.5, 0.6) is 0 Å². The Balaban J connectivity index is 1.79. The Morgan fingerprint density at radius 1 is 1.39 bits per heavy atom. The molecule has 0 aromatic carbocycles. The molecule has 3 heterocycles. The fourth-order valence-electron chi connectivity index (χ4n) is 3.08. The summed E-state index contributed by atoms with van der Waals surface area (Å²) >= 11 is 0. The largest absolute Gasteiger partial charge is 0.368 e. The summed E-state index contributed by atoms with van der Waals surface area (Å²) in [5, 5.41) is 0. The summed E-state index contributed by atoms with van der Waals surface area (Å²) in [6.07, 6.45) is 1.67. The second-order valence-electron chi connectivity index (χ2n) is 6.14. The molecule has 7 nitrogen and oxygen atoms in total. The van der Waals surface area contributed by atoms with E-state index in [1.807, 2.05) is 6.92 Å². The molecule has 1 unspecified atom stereocenters. The maximum atomic E-state index is 12.8. The highest BCUT2D eigenvalue weighted by Gasteiger charge is 2.42. The number of hydrogen-bond acceptors (Lipinski definition) is 5. The SMILES string of the molecule is Cc1ncccc1C(=O)N1CCOC2(COCC(=O)N(C)C2)C1. The number of likely N-dealkylation sites (N-methyl/N-ethyl adjacent to an activating group) is 1. The first-order chi connectivity index (χ1) is 11.0. The van der Waals surface area contributed by atoms with Gasteiger partial charge in [-0.05, 0) is 19.1 Å². The van der Waals surface area contributed by atoms with Crippen LogP contribution in [0.2, 0.25) is 0 Å². The molecule has 0 N–H and O–H groups in total. The van der Waals surface area contributed by atoms with Crippen molar-refractivity contribution in [3.05, 3.63) is 29.6 Å². The van der Waals surface area contributed by atoms with Gasteiger partial charge in [-0.1, -0.05) is 0 Å². The summed E-state index contributed by atoms with van der Waals surface area (Å²) in [5.74, 6) is -0.131. The van der Waals surface area contributed by atoms with Crippen molar-refractivity contribution >= 4 is 11.8 Å². The molecule has 1 atom stereocenters. The molecular weight excluding hydrogens is 298 g/mol. The van der Waals surface area contributed by atoms with Crippen molar-refractivity contribution in [2.24, 2.45) is 0 Å². The third kappa shape index (κ3) is 3.20. The summed E-state index contributed by atoms with van der Waals surface area (Å²) in [6, 6.07) is 3.55. The molecule has 23 heavy (non-hydrogen) atoms. The van der Waals surface area contributed by atoms with E-state index in [0.29, 0.717) is 44.1 Å². The van der Waals surface area contributed by atoms with Gasteiger partial charge in [-0.15, -0.1) is 0 Å². The Labute approximate surface area is 135 Å². The lowest BCUT2D eigenvalue weighted by atomic mass is 10.0. The van der Waals surface area contributed by atoms with E-state index >= 15 is 0 Å². The monoisotopic (exact) mass is 319 g/mol. The Morgan fingerprint density at radius 3 is 3.00 bits per heavy atom. The summed E-state index contributed by atoms with van der Waals surface area (Å²) < 4.78 is 11.4. The van der Waals surface area contributed by atoms with Gasteiger partial charge in [0.05, 0.1) is 31.9 Å². The van der Waals surface area contributed by atoms with Crippen molar-refractivity contribution in [2.45, 2.75) is 12.5 Å². The van der Waals surface area contributed by atoms with Gasteiger partial charge in [0, 0.05) is 25.5 Å². The highest BCUT2D eigenvalue weighted by Crippen LogP contribution is 2.24. The number of pyridine rings is 1. The highest BCUT2D eigenvalue weighted by atomic mass is 16.5. The highest BCUT2D eigenvalue weighted by molar-refractivity contribution is 5.95. The fourth-order valence-corrected chi connectivity index (χ4v) is 3.08. The first-order valence-corrected chi connectivity index (χ1v) is 7.67. The lowest BCUT2D eigenvalue weighted by Crippen LogP contribution is -2.59. The van der Waals surface area contributed by atoms with Gasteiger partial charge in [0.15, 0.2) is 0 Å². The van der Waals surface area contributed by atoms with Gasteiger partial charge in [0.2, 0.25) is 5.91 Å². The van der Waals surface area contributed by atoms with Crippen molar-refractivity contribution in [3.63, 3.8) is 0 Å². The number of ether oxygens (including phenoxy) is 2. The van der Waals surface area contributed by atoms with Crippen LogP contribution in [-0.2, 0) is 14.3 Å².